The first-order chi connectivity index (χ1) is 6.39. The van der Waals surface area contributed by atoms with Gasteiger partial charge in [0.2, 0.25) is 0 Å². The average Bonchev–Trinajstić information content (AvgIpc) is 2.17. The molecular formula is C9H18Cl2O2S. The predicted octanol–water partition coefficient (Wildman–Crippen LogP) is 2.69. The van der Waals surface area contributed by atoms with Crippen molar-refractivity contribution in [3.63, 3.8) is 0 Å². The molecule has 2 nitrogen and oxygen atoms in total. The van der Waals surface area contributed by atoms with Crippen LogP contribution >= 0.6 is 23.2 Å². The van der Waals surface area contributed by atoms with Gasteiger partial charge in [0.25, 0.3) is 0 Å². The molecule has 0 fully saturated rings. The van der Waals surface area contributed by atoms with Crippen molar-refractivity contribution in [1.82, 2.24) is 0 Å². The van der Waals surface area contributed by atoms with E-state index in [-0.39, 0.29) is 16.9 Å². The van der Waals surface area contributed by atoms with E-state index in [1.807, 2.05) is 6.92 Å². The van der Waals surface area contributed by atoms with E-state index in [9.17, 15) is 8.42 Å². The van der Waals surface area contributed by atoms with Gasteiger partial charge in [0, 0.05) is 17.5 Å². The molecule has 0 aliphatic carbocycles. The predicted molar refractivity (Wildman–Crippen MR) is 63.1 cm³/mol. The smallest absolute Gasteiger partial charge is 0.150 e. The minimum absolute atomic E-state index is 0.133. The number of halogens is 2. The van der Waals surface area contributed by atoms with Gasteiger partial charge in [-0.05, 0) is 18.3 Å². The highest BCUT2D eigenvalue weighted by molar-refractivity contribution is 7.91. The average molecular weight is 261 g/mol. The largest absolute Gasteiger partial charge is 0.229 e. The lowest BCUT2D eigenvalue weighted by Crippen LogP contribution is -2.22. The van der Waals surface area contributed by atoms with Crippen LogP contribution in [0.4, 0.5) is 0 Å². The summed E-state index contributed by atoms with van der Waals surface area (Å²) < 4.78 is 22.4. The standard InChI is InChI=1S/C9H18Cl2O2S/c1-3-14(12,13)6-4-5-9(2,7-10)8-11/h3-8H2,1-2H3. The molecule has 86 valence electrons. The first kappa shape index (κ1) is 14.5. The van der Waals surface area contributed by atoms with E-state index in [0.29, 0.717) is 18.2 Å². The zero-order valence-electron chi connectivity index (χ0n) is 8.72. The van der Waals surface area contributed by atoms with Gasteiger partial charge < -0.3 is 0 Å². The molecule has 0 radical (unpaired) electrons. The van der Waals surface area contributed by atoms with Gasteiger partial charge >= 0.3 is 0 Å². The van der Waals surface area contributed by atoms with Crippen molar-refractivity contribution in [2.45, 2.75) is 26.7 Å². The zero-order valence-corrected chi connectivity index (χ0v) is 11.1. The van der Waals surface area contributed by atoms with Gasteiger partial charge in [0.15, 0.2) is 0 Å². The zero-order chi connectivity index (χ0) is 11.2. The topological polar surface area (TPSA) is 34.1 Å². The van der Waals surface area contributed by atoms with Crippen molar-refractivity contribution >= 4 is 33.0 Å². The molecule has 0 N–H and O–H groups in total. The lowest BCUT2D eigenvalue weighted by atomic mass is 9.90. The Morgan fingerprint density at radius 1 is 1.21 bits per heavy atom. The molecule has 0 saturated heterocycles. The van der Waals surface area contributed by atoms with E-state index in [2.05, 4.69) is 0 Å². The summed E-state index contributed by atoms with van der Waals surface area (Å²) in [5.74, 6) is 1.41. The van der Waals surface area contributed by atoms with Crippen LogP contribution in [0.25, 0.3) is 0 Å². The molecule has 0 aliphatic heterocycles. The van der Waals surface area contributed by atoms with Crippen LogP contribution in [0, 0.1) is 5.41 Å². The Bertz CT molecular complexity index is 246. The van der Waals surface area contributed by atoms with E-state index in [0.717, 1.165) is 6.42 Å². The highest BCUT2D eigenvalue weighted by atomic mass is 35.5. The SMILES string of the molecule is CCS(=O)(=O)CCCC(C)(CCl)CCl. The molecule has 14 heavy (non-hydrogen) atoms. The third-order valence-corrected chi connectivity index (χ3v) is 5.40. The quantitative estimate of drug-likeness (QED) is 0.660. The van der Waals surface area contributed by atoms with Crippen molar-refractivity contribution in [1.29, 1.82) is 0 Å². The van der Waals surface area contributed by atoms with Gasteiger partial charge in [-0.15, -0.1) is 23.2 Å². The molecule has 5 heteroatoms. The van der Waals surface area contributed by atoms with E-state index in [4.69, 9.17) is 23.2 Å². The molecule has 0 unspecified atom stereocenters. The molecule has 0 aliphatic rings. The summed E-state index contributed by atoms with van der Waals surface area (Å²) in [5.41, 5.74) is -0.133. The second-order valence-electron chi connectivity index (χ2n) is 3.92. The minimum atomic E-state index is -2.84. The van der Waals surface area contributed by atoms with Gasteiger partial charge in [0.05, 0.1) is 5.75 Å². The van der Waals surface area contributed by atoms with Crippen LogP contribution in [-0.4, -0.2) is 31.7 Å². The second kappa shape index (κ2) is 6.19. The highest BCUT2D eigenvalue weighted by Gasteiger charge is 2.22. The van der Waals surface area contributed by atoms with Crippen LogP contribution in [0.1, 0.15) is 26.7 Å². The van der Waals surface area contributed by atoms with Gasteiger partial charge in [-0.25, -0.2) is 8.42 Å². The summed E-state index contributed by atoms with van der Waals surface area (Å²) in [6.07, 6.45) is 1.41. The lowest BCUT2D eigenvalue weighted by Gasteiger charge is -2.23. The van der Waals surface area contributed by atoms with Gasteiger partial charge in [0.1, 0.15) is 9.84 Å². The molecule has 0 aromatic carbocycles. The Balaban J connectivity index is 3.96. The minimum Gasteiger partial charge on any atom is -0.229 e. The third-order valence-electron chi connectivity index (χ3n) is 2.32. The monoisotopic (exact) mass is 260 g/mol. The number of alkyl halides is 2. The molecule has 0 aromatic heterocycles. The van der Waals surface area contributed by atoms with Crippen LogP contribution in [0.15, 0.2) is 0 Å². The Morgan fingerprint density at radius 2 is 1.71 bits per heavy atom. The van der Waals surface area contributed by atoms with Crippen molar-refractivity contribution in [2.75, 3.05) is 23.3 Å². The van der Waals surface area contributed by atoms with Crippen molar-refractivity contribution in [3.8, 4) is 0 Å². The first-order valence-corrected chi connectivity index (χ1v) is 7.60. The van der Waals surface area contributed by atoms with Crippen molar-refractivity contribution in [2.24, 2.45) is 5.41 Å². The lowest BCUT2D eigenvalue weighted by molar-refractivity contribution is 0.386. The van der Waals surface area contributed by atoms with E-state index in [1.54, 1.807) is 6.92 Å². The Morgan fingerprint density at radius 3 is 2.07 bits per heavy atom. The van der Waals surface area contributed by atoms with Gasteiger partial charge in [-0.2, -0.15) is 0 Å². The molecular weight excluding hydrogens is 243 g/mol. The van der Waals surface area contributed by atoms with E-state index < -0.39 is 9.84 Å². The number of hydrogen-bond donors (Lipinski definition) is 0. The maximum Gasteiger partial charge on any atom is 0.150 e. The maximum atomic E-state index is 11.2. The van der Waals surface area contributed by atoms with Gasteiger partial charge in [-0.3, -0.25) is 0 Å². The first-order valence-electron chi connectivity index (χ1n) is 4.71. The second-order valence-corrected chi connectivity index (χ2v) is 6.93. The summed E-state index contributed by atoms with van der Waals surface area (Å²) in [6, 6.07) is 0. The van der Waals surface area contributed by atoms with Crippen molar-refractivity contribution < 1.29 is 8.42 Å². The van der Waals surface area contributed by atoms with Crippen LogP contribution in [-0.2, 0) is 9.84 Å². The third kappa shape index (κ3) is 5.42. The summed E-state index contributed by atoms with van der Waals surface area (Å²) in [4.78, 5) is 0. The summed E-state index contributed by atoms with van der Waals surface area (Å²) in [5, 5.41) is 0. The van der Waals surface area contributed by atoms with E-state index in [1.165, 1.54) is 0 Å². The summed E-state index contributed by atoms with van der Waals surface area (Å²) >= 11 is 11.5. The molecule has 0 amide bonds. The van der Waals surface area contributed by atoms with Crippen molar-refractivity contribution in [3.05, 3.63) is 0 Å². The normalized spacial score (nSPS) is 13.1. The molecule has 0 aromatic rings. The molecule has 0 bridgehead atoms. The highest BCUT2D eigenvalue weighted by Crippen LogP contribution is 2.26. The fourth-order valence-electron chi connectivity index (χ4n) is 1.03. The molecule has 0 spiro atoms. The molecule has 0 atom stereocenters. The van der Waals surface area contributed by atoms with Crippen LogP contribution in [0.2, 0.25) is 0 Å². The molecule has 0 heterocycles. The van der Waals surface area contributed by atoms with Gasteiger partial charge in [-0.1, -0.05) is 13.8 Å². The number of hydrogen-bond acceptors (Lipinski definition) is 2. The van der Waals surface area contributed by atoms with E-state index >= 15 is 0 Å². The summed E-state index contributed by atoms with van der Waals surface area (Å²) in [7, 11) is -2.84. The number of rotatable bonds is 7. The fraction of sp³-hybridized carbons (Fsp3) is 1.00. The molecule has 0 rings (SSSR count). The number of sulfone groups is 1. The van der Waals surface area contributed by atoms with Crippen LogP contribution in [0.5, 0.6) is 0 Å². The maximum absolute atomic E-state index is 11.2. The Labute approximate surface area is 96.9 Å². The van der Waals surface area contributed by atoms with Crippen LogP contribution in [0.3, 0.4) is 0 Å². The Kier molecular flexibility index (Phi) is 6.42. The fourth-order valence-corrected chi connectivity index (χ4v) is 2.46. The summed E-state index contributed by atoms with van der Waals surface area (Å²) in [6.45, 7) is 3.64. The molecule has 0 saturated carbocycles. The van der Waals surface area contributed by atoms with Crippen LogP contribution < -0.4 is 0 Å². The Hall–Kier alpha value is 0.530.